The number of nitrogens with zero attached hydrogens (tertiary/aromatic N) is 1. The first-order valence-corrected chi connectivity index (χ1v) is 8.39. The third-order valence-corrected chi connectivity index (χ3v) is 3.69. The normalized spacial score (nSPS) is 11.3. The Kier molecular flexibility index (Phi) is 8.05. The van der Waals surface area contributed by atoms with Crippen LogP contribution in [0.3, 0.4) is 0 Å². The summed E-state index contributed by atoms with van der Waals surface area (Å²) in [5, 5.41) is 5.33. The van der Waals surface area contributed by atoms with Gasteiger partial charge in [-0.2, -0.15) is 0 Å². The number of amides is 2. The molecular formula is C19H23N3O5. The molecule has 0 spiro atoms. The molecule has 1 aromatic carbocycles. The highest BCUT2D eigenvalue weighted by Gasteiger charge is 2.22. The number of hydrogen-bond acceptors (Lipinski definition) is 6. The van der Waals surface area contributed by atoms with Crippen molar-refractivity contribution in [3.05, 3.63) is 54.2 Å². The zero-order valence-electron chi connectivity index (χ0n) is 15.3. The number of urea groups is 1. The average molecular weight is 373 g/mol. The first-order chi connectivity index (χ1) is 13.1. The molecule has 2 amide bonds. The fraction of sp³-hybridized carbons (Fsp3) is 0.316. The highest BCUT2D eigenvalue weighted by molar-refractivity contribution is 5.89. The van der Waals surface area contributed by atoms with Crippen molar-refractivity contribution in [2.75, 3.05) is 39.3 Å². The molecule has 8 heteroatoms. The lowest BCUT2D eigenvalue weighted by Crippen LogP contribution is -2.35. The summed E-state index contributed by atoms with van der Waals surface area (Å²) >= 11 is 0. The summed E-state index contributed by atoms with van der Waals surface area (Å²) in [7, 11) is 2.91. The van der Waals surface area contributed by atoms with Crippen LogP contribution in [-0.2, 0) is 14.3 Å². The van der Waals surface area contributed by atoms with Crippen molar-refractivity contribution in [2.24, 2.45) is 0 Å². The van der Waals surface area contributed by atoms with Crippen LogP contribution in [0.25, 0.3) is 0 Å². The number of pyridine rings is 1. The number of rotatable bonds is 9. The average Bonchev–Trinajstić information content (AvgIpc) is 2.70. The van der Waals surface area contributed by atoms with E-state index in [0.717, 1.165) is 5.56 Å². The molecule has 1 heterocycles. The van der Waals surface area contributed by atoms with E-state index in [9.17, 15) is 9.59 Å². The zero-order chi connectivity index (χ0) is 19.5. The number of aromatic nitrogens is 1. The summed E-state index contributed by atoms with van der Waals surface area (Å²) in [4.78, 5) is 28.2. The fourth-order valence-corrected chi connectivity index (χ4v) is 2.30. The topological polar surface area (TPSA) is 98.8 Å². The van der Waals surface area contributed by atoms with Crippen LogP contribution >= 0.6 is 0 Å². The molecule has 0 saturated carbocycles. The molecule has 144 valence electrons. The van der Waals surface area contributed by atoms with Gasteiger partial charge in [-0.25, -0.2) is 9.78 Å². The van der Waals surface area contributed by atoms with Gasteiger partial charge in [-0.1, -0.05) is 30.3 Å². The number of methoxy groups -OCH3 is 2. The van der Waals surface area contributed by atoms with Crippen LogP contribution in [0.5, 0.6) is 5.88 Å². The molecule has 2 aromatic rings. The molecule has 0 fully saturated rings. The van der Waals surface area contributed by atoms with Gasteiger partial charge in [-0.15, -0.1) is 0 Å². The molecule has 0 saturated heterocycles. The summed E-state index contributed by atoms with van der Waals surface area (Å²) < 4.78 is 15.1. The second-order valence-electron chi connectivity index (χ2n) is 5.55. The first-order valence-electron chi connectivity index (χ1n) is 8.39. The molecule has 0 unspecified atom stereocenters. The summed E-state index contributed by atoms with van der Waals surface area (Å²) in [5.41, 5.74) is 1.27. The van der Waals surface area contributed by atoms with Gasteiger partial charge in [0.25, 0.3) is 0 Å². The summed E-state index contributed by atoms with van der Waals surface area (Å²) in [6.45, 7) is 0.964. The predicted octanol–water partition coefficient (Wildman–Crippen LogP) is 2.19. The quantitative estimate of drug-likeness (QED) is 0.516. The number of benzene rings is 1. The smallest absolute Gasteiger partial charge is 0.319 e. The Bertz CT molecular complexity index is 722. The molecule has 2 rings (SSSR count). The van der Waals surface area contributed by atoms with Crippen molar-refractivity contribution in [1.82, 2.24) is 10.3 Å². The number of nitrogens with one attached hydrogen (secondary N) is 2. The summed E-state index contributed by atoms with van der Waals surface area (Å²) in [6, 6.07) is 12.0. The molecule has 8 nitrogen and oxygen atoms in total. The fourth-order valence-electron chi connectivity index (χ4n) is 2.30. The summed E-state index contributed by atoms with van der Waals surface area (Å²) in [5.74, 6) is -0.565. The van der Waals surface area contributed by atoms with Crippen molar-refractivity contribution < 1.29 is 23.8 Å². The predicted molar refractivity (Wildman–Crippen MR) is 99.8 cm³/mol. The Labute approximate surface area is 157 Å². The Morgan fingerprint density at radius 1 is 1.07 bits per heavy atom. The standard InChI is InChI=1S/C19H23N3O5/c1-25-10-11-27-17-9-8-15(12-20-17)22-19(24)21-13-16(18(23)26-2)14-6-4-3-5-7-14/h3-9,12,16H,10-11,13H2,1-2H3,(H2,21,22,24)/t16-/m0/s1. The van der Waals surface area contributed by atoms with Gasteiger partial charge < -0.3 is 24.8 Å². The van der Waals surface area contributed by atoms with Crippen molar-refractivity contribution >= 4 is 17.7 Å². The number of ether oxygens (including phenoxy) is 3. The molecule has 0 bridgehead atoms. The number of esters is 1. The molecule has 0 aliphatic rings. The lowest BCUT2D eigenvalue weighted by atomic mass is 9.99. The lowest BCUT2D eigenvalue weighted by molar-refractivity contribution is -0.142. The highest BCUT2D eigenvalue weighted by Crippen LogP contribution is 2.16. The SMILES string of the molecule is COCCOc1ccc(NC(=O)NC[C@H](C(=O)OC)c2ccccc2)cn1. The number of anilines is 1. The third kappa shape index (κ3) is 6.59. The van der Waals surface area contributed by atoms with Crippen LogP contribution < -0.4 is 15.4 Å². The van der Waals surface area contributed by atoms with Crippen LogP contribution in [0.4, 0.5) is 10.5 Å². The van der Waals surface area contributed by atoms with E-state index in [1.54, 1.807) is 19.2 Å². The van der Waals surface area contributed by atoms with E-state index >= 15 is 0 Å². The van der Waals surface area contributed by atoms with Gasteiger partial charge in [-0.05, 0) is 11.6 Å². The number of hydrogen-bond donors (Lipinski definition) is 2. The lowest BCUT2D eigenvalue weighted by Gasteiger charge is -2.16. The van der Waals surface area contributed by atoms with Gasteiger partial charge in [-0.3, -0.25) is 4.79 Å². The van der Waals surface area contributed by atoms with Gasteiger partial charge in [0.1, 0.15) is 6.61 Å². The second kappa shape index (κ2) is 10.8. The van der Waals surface area contributed by atoms with E-state index < -0.39 is 17.9 Å². The van der Waals surface area contributed by atoms with Gasteiger partial charge in [0.15, 0.2) is 0 Å². The minimum atomic E-state index is -0.586. The molecule has 2 N–H and O–H groups in total. The van der Waals surface area contributed by atoms with Crippen LogP contribution in [0, 0.1) is 0 Å². The van der Waals surface area contributed by atoms with Crippen LogP contribution in [-0.4, -0.2) is 51.0 Å². The van der Waals surface area contributed by atoms with Gasteiger partial charge in [0.2, 0.25) is 5.88 Å². The zero-order valence-corrected chi connectivity index (χ0v) is 15.3. The van der Waals surface area contributed by atoms with Crippen molar-refractivity contribution in [3.8, 4) is 5.88 Å². The first kappa shape index (κ1) is 20.2. The van der Waals surface area contributed by atoms with E-state index in [1.807, 2.05) is 30.3 Å². The maximum absolute atomic E-state index is 12.1. The maximum Gasteiger partial charge on any atom is 0.319 e. The largest absolute Gasteiger partial charge is 0.475 e. The second-order valence-corrected chi connectivity index (χ2v) is 5.55. The minimum absolute atomic E-state index is 0.105. The molecule has 0 aliphatic heterocycles. The third-order valence-electron chi connectivity index (χ3n) is 3.69. The van der Waals surface area contributed by atoms with E-state index in [2.05, 4.69) is 15.6 Å². The van der Waals surface area contributed by atoms with E-state index in [-0.39, 0.29) is 6.54 Å². The highest BCUT2D eigenvalue weighted by atomic mass is 16.5. The monoisotopic (exact) mass is 373 g/mol. The van der Waals surface area contributed by atoms with E-state index in [4.69, 9.17) is 14.2 Å². The minimum Gasteiger partial charge on any atom is -0.475 e. The Morgan fingerprint density at radius 3 is 2.48 bits per heavy atom. The van der Waals surface area contributed by atoms with Crippen LogP contribution in [0.2, 0.25) is 0 Å². The van der Waals surface area contributed by atoms with Crippen molar-refractivity contribution in [1.29, 1.82) is 0 Å². The van der Waals surface area contributed by atoms with Crippen LogP contribution in [0.15, 0.2) is 48.7 Å². The molecule has 1 aromatic heterocycles. The molecular weight excluding hydrogens is 350 g/mol. The van der Waals surface area contributed by atoms with Gasteiger partial charge in [0, 0.05) is 19.7 Å². The molecule has 1 atom stereocenters. The maximum atomic E-state index is 12.1. The van der Waals surface area contributed by atoms with Gasteiger partial charge >= 0.3 is 12.0 Å². The van der Waals surface area contributed by atoms with Crippen LogP contribution in [0.1, 0.15) is 11.5 Å². The van der Waals surface area contributed by atoms with Crippen molar-refractivity contribution in [3.63, 3.8) is 0 Å². The Morgan fingerprint density at radius 2 is 1.85 bits per heavy atom. The number of carbonyl (C=O) groups is 2. The molecule has 0 radical (unpaired) electrons. The molecule has 27 heavy (non-hydrogen) atoms. The van der Waals surface area contributed by atoms with E-state index in [1.165, 1.54) is 13.3 Å². The Balaban J connectivity index is 1.87. The molecule has 0 aliphatic carbocycles. The summed E-state index contributed by atoms with van der Waals surface area (Å²) in [6.07, 6.45) is 1.48. The van der Waals surface area contributed by atoms with E-state index in [0.29, 0.717) is 24.8 Å². The van der Waals surface area contributed by atoms with Gasteiger partial charge in [0.05, 0.1) is 31.5 Å². The Hall–Kier alpha value is -3.13. The van der Waals surface area contributed by atoms with Crippen molar-refractivity contribution in [2.45, 2.75) is 5.92 Å². The number of carbonyl (C=O) groups excluding carboxylic acids is 2.